The number of carboxylic acid groups (broad SMARTS) is 1. The molecule has 2 rings (SSSR count). The number of halogens is 3. The van der Waals surface area contributed by atoms with Crippen molar-refractivity contribution in [1.82, 2.24) is 4.98 Å². The van der Waals surface area contributed by atoms with E-state index in [9.17, 15) is 23.1 Å². The van der Waals surface area contributed by atoms with Gasteiger partial charge in [0.25, 0.3) is 0 Å². The average molecular weight is 261 g/mol. The Morgan fingerprint density at radius 1 is 1.44 bits per heavy atom. The van der Waals surface area contributed by atoms with Crippen molar-refractivity contribution in [1.29, 1.82) is 0 Å². The Morgan fingerprint density at radius 2 is 2.06 bits per heavy atom. The summed E-state index contributed by atoms with van der Waals surface area (Å²) in [5.74, 6) is -1.52. The van der Waals surface area contributed by atoms with Crippen LogP contribution in [0.5, 0.6) is 0 Å². The Bertz CT molecular complexity index is 483. The standard InChI is InChI=1S/C11H10F3NO3/c12-11(13,14)7-5-15-4-1-6(7)10(2-3-10)8(16)9(17)18/h1,4-5,8,16H,2-3H2,(H,17,18). The maximum absolute atomic E-state index is 12.8. The van der Waals surface area contributed by atoms with Gasteiger partial charge in [0.2, 0.25) is 0 Å². The summed E-state index contributed by atoms with van der Waals surface area (Å²) in [4.78, 5) is 14.2. The SMILES string of the molecule is O=C(O)C(O)C1(c2ccncc2C(F)(F)F)CC1. The molecule has 1 fully saturated rings. The van der Waals surface area contributed by atoms with E-state index in [1.54, 1.807) is 0 Å². The molecule has 2 N–H and O–H groups in total. The van der Waals surface area contributed by atoms with Crippen LogP contribution in [0.4, 0.5) is 13.2 Å². The van der Waals surface area contributed by atoms with Crippen LogP contribution < -0.4 is 0 Å². The molecule has 1 saturated carbocycles. The lowest BCUT2D eigenvalue weighted by atomic mass is 9.87. The Morgan fingerprint density at radius 3 is 2.50 bits per heavy atom. The fourth-order valence-electron chi connectivity index (χ4n) is 2.12. The monoisotopic (exact) mass is 261 g/mol. The molecule has 0 aliphatic heterocycles. The molecule has 4 nitrogen and oxygen atoms in total. The highest BCUT2D eigenvalue weighted by Crippen LogP contribution is 2.54. The average Bonchev–Trinajstić information content (AvgIpc) is 3.08. The number of aliphatic hydroxyl groups excluding tert-OH is 1. The molecule has 1 unspecified atom stereocenters. The summed E-state index contributed by atoms with van der Waals surface area (Å²) in [5.41, 5.74) is -2.51. The fraction of sp³-hybridized carbons (Fsp3) is 0.455. The third-order valence-electron chi connectivity index (χ3n) is 3.21. The zero-order valence-electron chi connectivity index (χ0n) is 9.11. The van der Waals surface area contributed by atoms with E-state index < -0.39 is 29.2 Å². The Hall–Kier alpha value is -1.63. The Kier molecular flexibility index (Phi) is 2.81. The number of carboxylic acids is 1. The number of hydrogen-bond donors (Lipinski definition) is 2. The van der Waals surface area contributed by atoms with Gasteiger partial charge >= 0.3 is 12.1 Å². The zero-order valence-corrected chi connectivity index (χ0v) is 9.11. The summed E-state index contributed by atoms with van der Waals surface area (Å²) < 4.78 is 38.4. The highest BCUT2D eigenvalue weighted by molar-refractivity contribution is 5.76. The fourth-order valence-corrected chi connectivity index (χ4v) is 2.12. The number of alkyl halides is 3. The first kappa shape index (κ1) is 12.8. The smallest absolute Gasteiger partial charge is 0.418 e. The van der Waals surface area contributed by atoms with Crippen molar-refractivity contribution in [2.24, 2.45) is 0 Å². The largest absolute Gasteiger partial charge is 0.479 e. The molecule has 1 aromatic rings. The molecular formula is C11H10F3NO3. The molecule has 7 heteroatoms. The quantitative estimate of drug-likeness (QED) is 0.866. The maximum Gasteiger partial charge on any atom is 0.418 e. The molecule has 18 heavy (non-hydrogen) atoms. The van der Waals surface area contributed by atoms with E-state index in [0.29, 0.717) is 6.20 Å². The van der Waals surface area contributed by atoms with Crippen LogP contribution in [0.15, 0.2) is 18.5 Å². The van der Waals surface area contributed by atoms with Crippen molar-refractivity contribution in [3.63, 3.8) is 0 Å². The molecule has 1 aromatic heterocycles. The lowest BCUT2D eigenvalue weighted by Crippen LogP contribution is -2.35. The highest BCUT2D eigenvalue weighted by Gasteiger charge is 2.56. The Labute approximate surface area is 100 Å². The first-order valence-corrected chi connectivity index (χ1v) is 5.21. The van der Waals surface area contributed by atoms with Crippen LogP contribution in [0.3, 0.4) is 0 Å². The van der Waals surface area contributed by atoms with Crippen LogP contribution >= 0.6 is 0 Å². The van der Waals surface area contributed by atoms with Crippen molar-refractivity contribution in [3.05, 3.63) is 29.6 Å². The molecule has 0 amide bonds. The molecule has 1 aliphatic carbocycles. The number of aliphatic carboxylic acids is 1. The van der Waals surface area contributed by atoms with E-state index in [-0.39, 0.29) is 18.4 Å². The second-order valence-electron chi connectivity index (χ2n) is 4.32. The molecule has 0 bridgehead atoms. The van der Waals surface area contributed by atoms with Gasteiger partial charge in [0, 0.05) is 17.8 Å². The van der Waals surface area contributed by atoms with E-state index in [2.05, 4.69) is 4.98 Å². The minimum Gasteiger partial charge on any atom is -0.479 e. The van der Waals surface area contributed by atoms with E-state index in [4.69, 9.17) is 5.11 Å². The summed E-state index contributed by atoms with van der Waals surface area (Å²) >= 11 is 0. The summed E-state index contributed by atoms with van der Waals surface area (Å²) in [7, 11) is 0. The molecule has 0 radical (unpaired) electrons. The molecule has 1 aliphatic rings. The number of nitrogens with zero attached hydrogens (tertiary/aromatic N) is 1. The van der Waals surface area contributed by atoms with Crippen LogP contribution in [0.2, 0.25) is 0 Å². The first-order chi connectivity index (χ1) is 8.29. The second kappa shape index (κ2) is 3.94. The number of rotatable bonds is 3. The van der Waals surface area contributed by atoms with E-state index in [1.165, 1.54) is 6.20 Å². The van der Waals surface area contributed by atoms with Crippen molar-refractivity contribution >= 4 is 5.97 Å². The molecule has 0 spiro atoms. The van der Waals surface area contributed by atoms with Gasteiger partial charge in [-0.2, -0.15) is 13.2 Å². The van der Waals surface area contributed by atoms with Crippen LogP contribution in [-0.2, 0) is 16.4 Å². The van der Waals surface area contributed by atoms with E-state index >= 15 is 0 Å². The Balaban J connectivity index is 2.50. The van der Waals surface area contributed by atoms with Gasteiger partial charge in [0.15, 0.2) is 6.10 Å². The predicted octanol–water partition coefficient (Wildman–Crippen LogP) is 1.58. The number of pyridine rings is 1. The topological polar surface area (TPSA) is 70.4 Å². The lowest BCUT2D eigenvalue weighted by Gasteiger charge is -2.22. The summed E-state index contributed by atoms with van der Waals surface area (Å²) in [6.45, 7) is 0. The molecule has 1 atom stereocenters. The summed E-state index contributed by atoms with van der Waals surface area (Å²) in [6, 6.07) is 1.13. The molecule has 1 heterocycles. The van der Waals surface area contributed by atoms with Crippen LogP contribution in [0, 0.1) is 0 Å². The van der Waals surface area contributed by atoms with Crippen molar-refractivity contribution in [2.45, 2.75) is 30.5 Å². The number of carbonyl (C=O) groups is 1. The zero-order chi connectivity index (χ0) is 13.6. The second-order valence-corrected chi connectivity index (χ2v) is 4.32. The lowest BCUT2D eigenvalue weighted by molar-refractivity contribution is -0.150. The minimum absolute atomic E-state index is 0.195. The number of aliphatic hydroxyl groups is 1. The van der Waals surface area contributed by atoms with Crippen molar-refractivity contribution < 1.29 is 28.2 Å². The van der Waals surface area contributed by atoms with Gasteiger partial charge in [-0.05, 0) is 24.5 Å². The van der Waals surface area contributed by atoms with Crippen LogP contribution in [0.25, 0.3) is 0 Å². The third kappa shape index (κ3) is 1.94. The third-order valence-corrected chi connectivity index (χ3v) is 3.21. The molecule has 98 valence electrons. The van der Waals surface area contributed by atoms with E-state index in [1.807, 2.05) is 0 Å². The van der Waals surface area contributed by atoms with Crippen LogP contribution in [-0.4, -0.2) is 27.3 Å². The summed E-state index contributed by atoms with van der Waals surface area (Å²) in [6.07, 6.45) is -4.19. The normalized spacial score (nSPS) is 19.3. The first-order valence-electron chi connectivity index (χ1n) is 5.21. The van der Waals surface area contributed by atoms with Gasteiger partial charge in [-0.3, -0.25) is 4.98 Å². The minimum atomic E-state index is -4.61. The highest BCUT2D eigenvalue weighted by atomic mass is 19.4. The van der Waals surface area contributed by atoms with Gasteiger partial charge in [0.1, 0.15) is 0 Å². The van der Waals surface area contributed by atoms with E-state index in [0.717, 1.165) is 6.07 Å². The predicted molar refractivity (Wildman–Crippen MR) is 53.8 cm³/mol. The molecular weight excluding hydrogens is 251 g/mol. The molecule has 0 saturated heterocycles. The van der Waals surface area contributed by atoms with Crippen molar-refractivity contribution in [2.75, 3.05) is 0 Å². The van der Waals surface area contributed by atoms with Gasteiger partial charge in [0.05, 0.1) is 5.56 Å². The number of aromatic nitrogens is 1. The van der Waals surface area contributed by atoms with Crippen molar-refractivity contribution in [3.8, 4) is 0 Å². The van der Waals surface area contributed by atoms with Gasteiger partial charge < -0.3 is 10.2 Å². The van der Waals surface area contributed by atoms with Gasteiger partial charge in [-0.15, -0.1) is 0 Å². The molecule has 0 aromatic carbocycles. The van der Waals surface area contributed by atoms with Crippen LogP contribution in [0.1, 0.15) is 24.0 Å². The summed E-state index contributed by atoms with van der Waals surface area (Å²) in [5, 5.41) is 18.3. The van der Waals surface area contributed by atoms with Gasteiger partial charge in [-0.1, -0.05) is 0 Å². The van der Waals surface area contributed by atoms with Gasteiger partial charge in [-0.25, -0.2) is 4.79 Å². The number of hydrogen-bond acceptors (Lipinski definition) is 3. The maximum atomic E-state index is 12.8.